The molecule has 1 N–H and O–H groups in total. The van der Waals surface area contributed by atoms with E-state index in [9.17, 15) is 9.59 Å². The maximum Gasteiger partial charge on any atom is 0.326 e. The summed E-state index contributed by atoms with van der Waals surface area (Å²) in [5.41, 5.74) is 0. The fourth-order valence-corrected chi connectivity index (χ4v) is 1.48. The van der Waals surface area contributed by atoms with Crippen molar-refractivity contribution >= 4 is 11.9 Å². The monoisotopic (exact) mass is 295 g/mol. The fraction of sp³-hybridized carbons (Fsp3) is 0.467. The molecule has 1 aromatic rings. The van der Waals surface area contributed by atoms with Crippen molar-refractivity contribution in [2.75, 3.05) is 20.3 Å². The predicted octanol–water partition coefficient (Wildman–Crippen LogP) is 1.79. The van der Waals surface area contributed by atoms with Crippen LogP contribution in [0.2, 0.25) is 0 Å². The first-order valence-electron chi connectivity index (χ1n) is 6.79. The predicted molar refractivity (Wildman–Crippen MR) is 77.6 cm³/mol. The summed E-state index contributed by atoms with van der Waals surface area (Å²) >= 11 is 0. The molecule has 0 radical (unpaired) electrons. The van der Waals surface area contributed by atoms with Crippen LogP contribution in [0.1, 0.15) is 20.3 Å². The molecule has 1 aromatic carbocycles. The van der Waals surface area contributed by atoms with Crippen molar-refractivity contribution in [3.63, 3.8) is 0 Å². The van der Waals surface area contributed by atoms with Gasteiger partial charge in [-0.15, -0.1) is 0 Å². The molecule has 0 aromatic heterocycles. The van der Waals surface area contributed by atoms with Crippen LogP contribution in [-0.4, -0.2) is 48.2 Å². The molecule has 0 fully saturated rings. The molecule has 0 aliphatic carbocycles. The van der Waals surface area contributed by atoms with Gasteiger partial charge in [0.1, 0.15) is 17.5 Å². The van der Waals surface area contributed by atoms with Crippen molar-refractivity contribution in [1.29, 1.82) is 0 Å². The Morgan fingerprint density at radius 2 is 1.71 bits per heavy atom. The van der Waals surface area contributed by atoms with Gasteiger partial charge in [0.05, 0.1) is 6.61 Å². The summed E-state index contributed by atoms with van der Waals surface area (Å²) in [6.07, 6.45) is 0.931. The molecule has 21 heavy (non-hydrogen) atoms. The first-order valence-corrected chi connectivity index (χ1v) is 6.79. The quantitative estimate of drug-likeness (QED) is 0.791. The minimum absolute atomic E-state index is 0.205. The summed E-state index contributed by atoms with van der Waals surface area (Å²) < 4.78 is 10.8. The second-order valence-corrected chi connectivity index (χ2v) is 4.63. The molecule has 1 rings (SSSR count). The van der Waals surface area contributed by atoms with Gasteiger partial charge in [0.25, 0.3) is 5.91 Å². The van der Waals surface area contributed by atoms with Gasteiger partial charge >= 0.3 is 5.97 Å². The van der Waals surface area contributed by atoms with Gasteiger partial charge in [0.15, 0.2) is 6.61 Å². The molecule has 0 heterocycles. The average molecular weight is 295 g/mol. The van der Waals surface area contributed by atoms with Crippen LogP contribution < -0.4 is 9.47 Å². The first-order chi connectivity index (χ1) is 9.95. The molecule has 1 amide bonds. The van der Waals surface area contributed by atoms with Crippen molar-refractivity contribution in [3.8, 4) is 11.5 Å². The van der Waals surface area contributed by atoms with Gasteiger partial charge < -0.3 is 19.5 Å². The molecule has 0 aliphatic rings. The van der Waals surface area contributed by atoms with Crippen LogP contribution in [0.25, 0.3) is 0 Å². The number of likely N-dealkylation sites (N-methyl/N-ethyl adjacent to an activating group) is 1. The van der Waals surface area contributed by atoms with Crippen LogP contribution in [-0.2, 0) is 9.59 Å². The number of hydrogen-bond acceptors (Lipinski definition) is 4. The number of amides is 1. The number of carboxylic acid groups (broad SMARTS) is 1. The van der Waals surface area contributed by atoms with Crippen LogP contribution in [0.15, 0.2) is 24.3 Å². The maximum absolute atomic E-state index is 11.8. The zero-order chi connectivity index (χ0) is 15.8. The molecule has 0 saturated carbocycles. The number of carbonyl (C=O) groups is 2. The third-order valence-corrected chi connectivity index (χ3v) is 2.99. The number of aliphatic carboxylic acids is 1. The SMILES string of the molecule is CCCOc1ccc(OCC(=O)N(C)C(C)C(=O)O)cc1. The topological polar surface area (TPSA) is 76.1 Å². The van der Waals surface area contributed by atoms with E-state index in [-0.39, 0.29) is 6.61 Å². The third kappa shape index (κ3) is 5.33. The Kier molecular flexibility index (Phi) is 6.52. The Labute approximate surface area is 124 Å². The van der Waals surface area contributed by atoms with E-state index in [4.69, 9.17) is 14.6 Å². The lowest BCUT2D eigenvalue weighted by Gasteiger charge is -2.21. The minimum atomic E-state index is -1.05. The molecule has 0 bridgehead atoms. The smallest absolute Gasteiger partial charge is 0.326 e. The number of carbonyl (C=O) groups excluding carboxylic acids is 1. The summed E-state index contributed by atoms with van der Waals surface area (Å²) in [5.74, 6) is -0.171. The van der Waals surface area contributed by atoms with Crippen molar-refractivity contribution in [3.05, 3.63) is 24.3 Å². The molecular weight excluding hydrogens is 274 g/mol. The summed E-state index contributed by atoms with van der Waals surface area (Å²) in [6.45, 7) is 3.91. The number of hydrogen-bond donors (Lipinski definition) is 1. The van der Waals surface area contributed by atoms with E-state index in [1.807, 2.05) is 6.92 Å². The number of benzene rings is 1. The highest BCUT2D eigenvalue weighted by atomic mass is 16.5. The largest absolute Gasteiger partial charge is 0.494 e. The van der Waals surface area contributed by atoms with Gasteiger partial charge in [-0.2, -0.15) is 0 Å². The Morgan fingerprint density at radius 3 is 2.19 bits per heavy atom. The Balaban J connectivity index is 2.47. The van der Waals surface area contributed by atoms with Crippen molar-refractivity contribution in [2.45, 2.75) is 26.3 Å². The lowest BCUT2D eigenvalue weighted by Crippen LogP contribution is -2.42. The second-order valence-electron chi connectivity index (χ2n) is 4.63. The third-order valence-electron chi connectivity index (χ3n) is 2.99. The lowest BCUT2D eigenvalue weighted by atomic mass is 10.3. The molecule has 116 valence electrons. The Morgan fingerprint density at radius 1 is 1.19 bits per heavy atom. The molecule has 0 aliphatic heterocycles. The van der Waals surface area contributed by atoms with Gasteiger partial charge in [-0.1, -0.05) is 6.92 Å². The van der Waals surface area contributed by atoms with Crippen molar-refractivity contribution < 1.29 is 24.2 Å². The van der Waals surface area contributed by atoms with Crippen LogP contribution in [0, 0.1) is 0 Å². The molecule has 0 saturated heterocycles. The normalized spacial score (nSPS) is 11.6. The van der Waals surface area contributed by atoms with Gasteiger partial charge in [-0.25, -0.2) is 4.79 Å². The molecule has 1 unspecified atom stereocenters. The summed E-state index contributed by atoms with van der Waals surface area (Å²) in [6, 6.07) is 6.06. The minimum Gasteiger partial charge on any atom is -0.494 e. The van der Waals surface area contributed by atoms with Gasteiger partial charge in [-0.3, -0.25) is 4.79 Å². The highest BCUT2D eigenvalue weighted by Crippen LogP contribution is 2.17. The number of carboxylic acids is 1. The van der Waals surface area contributed by atoms with Crippen molar-refractivity contribution in [1.82, 2.24) is 4.90 Å². The highest BCUT2D eigenvalue weighted by Gasteiger charge is 2.21. The standard InChI is InChI=1S/C15H21NO5/c1-4-9-20-12-5-7-13(8-6-12)21-10-14(17)16(3)11(2)15(18)19/h5-8,11H,4,9-10H2,1-3H3,(H,18,19). The fourth-order valence-electron chi connectivity index (χ4n) is 1.48. The first kappa shape index (κ1) is 16.8. The number of nitrogens with zero attached hydrogens (tertiary/aromatic N) is 1. The molecule has 6 heteroatoms. The van der Waals surface area contributed by atoms with Gasteiger partial charge in [0, 0.05) is 7.05 Å². The number of rotatable bonds is 8. The van der Waals surface area contributed by atoms with E-state index < -0.39 is 17.9 Å². The zero-order valence-corrected chi connectivity index (χ0v) is 12.5. The van der Waals surface area contributed by atoms with E-state index in [0.717, 1.165) is 17.1 Å². The molecular formula is C15H21NO5. The zero-order valence-electron chi connectivity index (χ0n) is 12.5. The van der Waals surface area contributed by atoms with Gasteiger partial charge in [0.2, 0.25) is 0 Å². The summed E-state index contributed by atoms with van der Waals surface area (Å²) in [4.78, 5) is 23.7. The van der Waals surface area contributed by atoms with Crippen LogP contribution in [0.3, 0.4) is 0 Å². The Bertz CT molecular complexity index is 471. The molecule has 0 spiro atoms. The number of ether oxygens (including phenoxy) is 2. The molecule has 1 atom stereocenters. The maximum atomic E-state index is 11.8. The average Bonchev–Trinajstić information content (AvgIpc) is 2.49. The van der Waals surface area contributed by atoms with Crippen LogP contribution >= 0.6 is 0 Å². The van der Waals surface area contributed by atoms with E-state index in [0.29, 0.717) is 12.4 Å². The van der Waals surface area contributed by atoms with E-state index in [1.54, 1.807) is 24.3 Å². The van der Waals surface area contributed by atoms with Crippen molar-refractivity contribution in [2.24, 2.45) is 0 Å². The molecule has 6 nitrogen and oxygen atoms in total. The highest BCUT2D eigenvalue weighted by molar-refractivity contribution is 5.84. The Hall–Kier alpha value is -2.24. The van der Waals surface area contributed by atoms with E-state index in [1.165, 1.54) is 14.0 Å². The van der Waals surface area contributed by atoms with Crippen LogP contribution in [0.5, 0.6) is 11.5 Å². The lowest BCUT2D eigenvalue weighted by molar-refractivity contribution is -0.148. The van der Waals surface area contributed by atoms with E-state index in [2.05, 4.69) is 0 Å². The van der Waals surface area contributed by atoms with Crippen LogP contribution in [0.4, 0.5) is 0 Å². The van der Waals surface area contributed by atoms with Gasteiger partial charge in [-0.05, 0) is 37.6 Å². The second kappa shape index (κ2) is 8.14. The summed E-state index contributed by atoms with van der Waals surface area (Å²) in [7, 11) is 1.44. The summed E-state index contributed by atoms with van der Waals surface area (Å²) in [5, 5.41) is 8.84. The van der Waals surface area contributed by atoms with E-state index >= 15 is 0 Å².